The lowest BCUT2D eigenvalue weighted by Crippen LogP contribution is -2.43. The summed E-state index contributed by atoms with van der Waals surface area (Å²) in [5.41, 5.74) is 11.7. The van der Waals surface area contributed by atoms with Gasteiger partial charge in [-0.25, -0.2) is 9.78 Å². The molecule has 0 radical (unpaired) electrons. The molecule has 6 rings (SSSR count). The number of fused-ring (bicyclic) bond motifs is 1. The number of nitrogens with one attached hydrogen (secondary N) is 4. The molecular weight excluding hydrogens is 880 g/mol. The van der Waals surface area contributed by atoms with Crippen LogP contribution in [0.1, 0.15) is 55.2 Å². The van der Waals surface area contributed by atoms with Gasteiger partial charge in [-0.1, -0.05) is 12.1 Å². The minimum atomic E-state index is -5.08. The molecule has 65 heavy (non-hydrogen) atoms. The molecule has 1 aliphatic carbocycles. The van der Waals surface area contributed by atoms with Crippen molar-refractivity contribution in [3.8, 4) is 5.75 Å². The second kappa shape index (κ2) is 24.6. The van der Waals surface area contributed by atoms with Crippen LogP contribution in [0.3, 0.4) is 0 Å². The molecule has 1 aliphatic heterocycles. The number of nitrogens with zero attached hydrogens (tertiary/aromatic N) is 2. The minimum Gasteiger partial charge on any atom is -0.482 e. The number of benzene rings is 3. The van der Waals surface area contributed by atoms with E-state index in [1.165, 1.54) is 11.3 Å². The molecule has 0 spiro atoms. The summed E-state index contributed by atoms with van der Waals surface area (Å²) in [5.74, 6) is -3.46. The number of anilines is 2. The van der Waals surface area contributed by atoms with Gasteiger partial charge in [-0.2, -0.15) is 13.2 Å². The van der Waals surface area contributed by atoms with Crippen molar-refractivity contribution < 1.29 is 66.0 Å². The van der Waals surface area contributed by atoms with E-state index in [2.05, 4.69) is 26.3 Å². The summed E-state index contributed by atoms with van der Waals surface area (Å²) < 4.78 is 53.7. The minimum absolute atomic E-state index is 0.0891. The third-order valence-corrected chi connectivity index (χ3v) is 10.0. The van der Waals surface area contributed by atoms with E-state index in [9.17, 15) is 37.1 Å². The molecule has 1 aromatic heterocycles. The quantitative estimate of drug-likeness (QED) is 0.0618. The number of aromatic nitrogens is 1. The Morgan fingerprint density at radius 1 is 0.862 bits per heavy atom. The first kappa shape index (κ1) is 49.6. The van der Waals surface area contributed by atoms with Gasteiger partial charge >= 0.3 is 12.1 Å². The number of hydrogen-bond donors (Lipinski definition) is 6. The highest BCUT2D eigenvalue weighted by Gasteiger charge is 2.38. The fourth-order valence-electron chi connectivity index (χ4n) is 5.91. The highest BCUT2D eigenvalue weighted by molar-refractivity contribution is 7.07. The molecule has 5 amide bonds. The smallest absolute Gasteiger partial charge is 0.482 e. The number of thiazole rings is 1. The second-order valence-electron chi connectivity index (χ2n) is 14.4. The molecule has 18 nitrogen and oxygen atoms in total. The Morgan fingerprint density at radius 3 is 2.05 bits per heavy atom. The third-order valence-electron chi connectivity index (χ3n) is 9.40. The Balaban J connectivity index is 0.00000105. The summed E-state index contributed by atoms with van der Waals surface area (Å²) in [4.78, 5) is 77.6. The van der Waals surface area contributed by atoms with E-state index >= 15 is 0 Å². The number of halogens is 3. The average Bonchev–Trinajstić information content (AvgIpc) is 4.01. The standard InChI is InChI=1S/C41H47N7O9S.C2HF3O2/c42-34(22-32-25-58-26-45-32)40(52)44-14-16-55-18-20-56-19-17-54-15-13-43-38(50)28-5-8-31(9-6-28)46-39(51)29-3-1-27(2-4-29)23-48(33-10-11-33)41(53)30-7-12-35-36(21-30)57-24-37(49)47-35;3-2(4,5)1(6)7/h1-9,12,21,25-26,33-34H,10-11,13-20,22-24,42H2,(H,43,50)(H,44,52)(H,46,51)(H,47,49);(H,6,7)/t34-;/m0./s1. The van der Waals surface area contributed by atoms with Gasteiger partial charge in [0.2, 0.25) is 5.91 Å². The summed E-state index contributed by atoms with van der Waals surface area (Å²) in [5, 5.41) is 20.1. The number of hydrogen-bond acceptors (Lipinski definition) is 13. The summed E-state index contributed by atoms with van der Waals surface area (Å²) >= 11 is 1.46. The van der Waals surface area contributed by atoms with E-state index in [1.54, 1.807) is 60.1 Å². The number of alkyl halides is 3. The van der Waals surface area contributed by atoms with Crippen molar-refractivity contribution in [2.75, 3.05) is 70.0 Å². The van der Waals surface area contributed by atoms with Crippen LogP contribution in [0.4, 0.5) is 24.5 Å². The molecule has 2 aliphatic rings. The zero-order chi connectivity index (χ0) is 46.8. The van der Waals surface area contributed by atoms with Crippen LogP contribution < -0.4 is 31.7 Å². The molecule has 7 N–H and O–H groups in total. The van der Waals surface area contributed by atoms with E-state index in [4.69, 9.17) is 34.6 Å². The zero-order valence-corrected chi connectivity index (χ0v) is 35.7. The third kappa shape index (κ3) is 16.6. The molecule has 3 aromatic carbocycles. The molecule has 22 heteroatoms. The molecule has 2 heterocycles. The van der Waals surface area contributed by atoms with Crippen molar-refractivity contribution in [1.29, 1.82) is 0 Å². The molecule has 0 bridgehead atoms. The maximum absolute atomic E-state index is 13.5. The van der Waals surface area contributed by atoms with Gasteiger partial charge < -0.3 is 56.0 Å². The number of carboxylic acids is 1. The van der Waals surface area contributed by atoms with Gasteiger partial charge in [0.15, 0.2) is 6.61 Å². The fraction of sp³-hybridized carbons (Fsp3) is 0.372. The van der Waals surface area contributed by atoms with Gasteiger partial charge in [0, 0.05) is 59.9 Å². The van der Waals surface area contributed by atoms with Gasteiger partial charge in [-0.15, -0.1) is 11.3 Å². The van der Waals surface area contributed by atoms with Gasteiger partial charge in [-0.05, 0) is 73.0 Å². The Kier molecular flexibility index (Phi) is 18.7. The lowest BCUT2D eigenvalue weighted by molar-refractivity contribution is -0.192. The fourth-order valence-corrected chi connectivity index (χ4v) is 6.48. The van der Waals surface area contributed by atoms with Crippen LogP contribution in [-0.4, -0.2) is 128 Å². The van der Waals surface area contributed by atoms with E-state index < -0.39 is 18.2 Å². The van der Waals surface area contributed by atoms with E-state index in [0.717, 1.165) is 24.1 Å². The highest BCUT2D eigenvalue weighted by Crippen LogP contribution is 2.33. The number of carbonyl (C=O) groups excluding carboxylic acids is 5. The lowest BCUT2D eigenvalue weighted by Gasteiger charge is -2.24. The van der Waals surface area contributed by atoms with Gasteiger partial charge in [0.1, 0.15) is 5.75 Å². The molecular formula is C43H48F3N7O11S. The Bertz CT molecular complexity index is 2230. The number of rotatable bonds is 22. The van der Waals surface area contributed by atoms with Crippen molar-refractivity contribution in [2.24, 2.45) is 5.73 Å². The summed E-state index contributed by atoms with van der Waals surface area (Å²) in [6.45, 7) is 3.08. The molecule has 1 atom stereocenters. The first-order chi connectivity index (χ1) is 31.2. The number of amides is 5. The van der Waals surface area contributed by atoms with Crippen LogP contribution in [-0.2, 0) is 41.6 Å². The number of nitrogens with two attached hydrogens (primary N) is 1. The van der Waals surface area contributed by atoms with E-state index in [-0.39, 0.29) is 42.2 Å². The number of aliphatic carboxylic acids is 1. The molecule has 1 fully saturated rings. The SMILES string of the molecule is N[C@@H](Cc1cscn1)C(=O)NCCOCCOCCOCCNC(=O)c1ccc(NC(=O)c2ccc(CN(C(=O)c3ccc4c(c3)OCC(=O)N4)C3CC3)cc2)cc1.O=C(O)C(F)(F)F. The summed E-state index contributed by atoms with van der Waals surface area (Å²) in [6, 6.07) is 18.2. The van der Waals surface area contributed by atoms with E-state index in [0.29, 0.717) is 99.5 Å². The van der Waals surface area contributed by atoms with Crippen molar-refractivity contribution >= 4 is 58.2 Å². The first-order valence-corrected chi connectivity index (χ1v) is 21.2. The molecule has 4 aromatic rings. The molecule has 348 valence electrons. The topological polar surface area (TPSA) is 250 Å². The van der Waals surface area contributed by atoms with Crippen LogP contribution in [0.25, 0.3) is 0 Å². The maximum Gasteiger partial charge on any atom is 0.490 e. The van der Waals surface area contributed by atoms with E-state index in [1.807, 2.05) is 22.4 Å². The van der Waals surface area contributed by atoms with Crippen LogP contribution in [0.5, 0.6) is 5.75 Å². The maximum atomic E-state index is 13.5. The van der Waals surface area contributed by atoms with Crippen molar-refractivity contribution in [3.05, 3.63) is 106 Å². The predicted molar refractivity (Wildman–Crippen MR) is 230 cm³/mol. The van der Waals surface area contributed by atoms with Crippen molar-refractivity contribution in [1.82, 2.24) is 20.5 Å². The Morgan fingerprint density at radius 2 is 1.45 bits per heavy atom. The first-order valence-electron chi connectivity index (χ1n) is 20.3. The largest absolute Gasteiger partial charge is 0.490 e. The average molecular weight is 928 g/mol. The normalized spacial score (nSPS) is 13.4. The van der Waals surface area contributed by atoms with Gasteiger partial charge in [0.05, 0.1) is 62.6 Å². The second-order valence-corrected chi connectivity index (χ2v) is 15.1. The highest BCUT2D eigenvalue weighted by atomic mass is 32.1. The molecule has 0 saturated heterocycles. The van der Waals surface area contributed by atoms with Gasteiger partial charge in [0.25, 0.3) is 23.6 Å². The Hall–Kier alpha value is -6.46. The zero-order valence-electron chi connectivity index (χ0n) is 34.9. The molecule has 1 saturated carbocycles. The molecule has 0 unspecified atom stereocenters. The van der Waals surface area contributed by atoms with Crippen LogP contribution in [0, 0.1) is 0 Å². The van der Waals surface area contributed by atoms with Crippen LogP contribution >= 0.6 is 11.3 Å². The number of carboxylic acid groups (broad SMARTS) is 1. The van der Waals surface area contributed by atoms with Crippen molar-refractivity contribution in [2.45, 2.75) is 44.1 Å². The predicted octanol–water partition coefficient (Wildman–Crippen LogP) is 3.63. The monoisotopic (exact) mass is 927 g/mol. The lowest BCUT2D eigenvalue weighted by atomic mass is 10.1. The summed E-state index contributed by atoms with van der Waals surface area (Å²) in [7, 11) is 0. The van der Waals surface area contributed by atoms with Crippen molar-refractivity contribution in [3.63, 3.8) is 0 Å². The van der Waals surface area contributed by atoms with Crippen LogP contribution in [0.2, 0.25) is 0 Å². The van der Waals surface area contributed by atoms with Crippen LogP contribution in [0.15, 0.2) is 77.6 Å². The van der Waals surface area contributed by atoms with Gasteiger partial charge in [-0.3, -0.25) is 24.0 Å². The Labute approximate surface area is 374 Å². The number of ether oxygens (including phenoxy) is 4. The number of carbonyl (C=O) groups is 6. The summed E-state index contributed by atoms with van der Waals surface area (Å²) in [6.07, 6.45) is -2.84.